The largest absolute Gasteiger partial charge is 0.394 e. The third kappa shape index (κ3) is 18.1. The summed E-state index contributed by atoms with van der Waals surface area (Å²) in [5.41, 5.74) is 0.379. The van der Waals surface area contributed by atoms with Gasteiger partial charge in [-0.05, 0) is 66.0 Å². The number of nitrogens with one attached hydrogen (secondary N) is 2. The van der Waals surface area contributed by atoms with Crippen LogP contribution in [0.3, 0.4) is 0 Å². The number of likely N-dealkylation sites (tertiary alicyclic amines) is 1. The first-order chi connectivity index (χ1) is 30.4. The van der Waals surface area contributed by atoms with Gasteiger partial charge in [-0.1, -0.05) is 61.8 Å². The van der Waals surface area contributed by atoms with Gasteiger partial charge in [-0.3, -0.25) is 24.1 Å². The van der Waals surface area contributed by atoms with Crippen molar-refractivity contribution in [3.05, 3.63) is 22.4 Å². The molecule has 1 aliphatic heterocycles. The van der Waals surface area contributed by atoms with Crippen LogP contribution in [0.2, 0.25) is 0 Å². The van der Waals surface area contributed by atoms with Crippen molar-refractivity contribution in [1.29, 1.82) is 0 Å². The summed E-state index contributed by atoms with van der Waals surface area (Å²) in [6.07, 6.45) is 1.39. The van der Waals surface area contributed by atoms with Gasteiger partial charge in [-0.15, -0.1) is 0 Å². The van der Waals surface area contributed by atoms with E-state index in [1.54, 1.807) is 49.3 Å². The highest BCUT2D eigenvalue weighted by atomic mass is 32.1. The Bertz CT molecular complexity index is 1480. The van der Waals surface area contributed by atoms with Crippen molar-refractivity contribution in [1.82, 2.24) is 25.3 Å². The number of amides is 4. The topological polar surface area (TPSA) is 204 Å². The van der Waals surface area contributed by atoms with E-state index in [0.717, 1.165) is 12.0 Å². The van der Waals surface area contributed by atoms with Crippen LogP contribution in [0.15, 0.2) is 16.8 Å². The summed E-state index contributed by atoms with van der Waals surface area (Å²) in [5, 5.41) is 20.1. The molecule has 1 aliphatic rings. The molecule has 1 fully saturated rings. The molecule has 1 unspecified atom stereocenters. The Labute approximate surface area is 387 Å². The van der Waals surface area contributed by atoms with Crippen molar-refractivity contribution in [3.63, 3.8) is 0 Å². The smallest absolute Gasteiger partial charge is 0.245 e. The van der Waals surface area contributed by atoms with Gasteiger partial charge in [0.1, 0.15) is 6.04 Å². The van der Waals surface area contributed by atoms with Crippen LogP contribution in [0.5, 0.6) is 0 Å². The Morgan fingerprint density at radius 1 is 0.938 bits per heavy atom. The van der Waals surface area contributed by atoms with E-state index in [9.17, 15) is 24.3 Å². The number of nitrogens with zero attached hydrogens (tertiary/aromatic N) is 3. The fourth-order valence-corrected chi connectivity index (χ4v) is 9.26. The molecule has 1 aromatic heterocycles. The highest BCUT2D eigenvalue weighted by molar-refractivity contribution is 7.07. The number of ether oxygens (including phenoxy) is 5. The minimum atomic E-state index is -0.881. The Morgan fingerprint density at radius 3 is 2.08 bits per heavy atom. The van der Waals surface area contributed by atoms with E-state index in [-0.39, 0.29) is 54.5 Å². The van der Waals surface area contributed by atoms with Gasteiger partial charge in [0.05, 0.1) is 102 Å². The molecular formula is C46H84N6O11S. The predicted molar refractivity (Wildman–Crippen MR) is 248 cm³/mol. The van der Waals surface area contributed by atoms with Gasteiger partial charge in [-0.2, -0.15) is 11.3 Å². The molecule has 0 aromatic carbocycles. The number of aliphatic hydroxyl groups excluding tert-OH is 1. The number of carbonyl (C=O) groups excluding carboxylic acids is 4. The zero-order chi connectivity index (χ0) is 48.0. The van der Waals surface area contributed by atoms with Gasteiger partial charge in [0, 0.05) is 34.4 Å². The highest BCUT2D eigenvalue weighted by Crippen LogP contribution is 2.31. The Morgan fingerprint density at radius 2 is 1.56 bits per heavy atom. The molecule has 370 valence electrons. The zero-order valence-corrected chi connectivity index (χ0v) is 41.8. The zero-order valence-electron chi connectivity index (χ0n) is 41.0. The lowest BCUT2D eigenvalue weighted by molar-refractivity contribution is -0.149. The number of hydrogen-bond donors (Lipinski definition) is 4. The molecule has 5 N–H and O–H groups in total. The van der Waals surface area contributed by atoms with Crippen LogP contribution in [-0.4, -0.2) is 180 Å². The first-order valence-corrected chi connectivity index (χ1v) is 23.9. The minimum Gasteiger partial charge on any atom is -0.394 e. The maximum Gasteiger partial charge on any atom is 0.245 e. The second-order valence-corrected chi connectivity index (χ2v) is 19.3. The summed E-state index contributed by atoms with van der Waals surface area (Å²) in [4.78, 5) is 66.6. The molecule has 0 aliphatic carbocycles. The Kier molecular flexibility index (Phi) is 26.7. The van der Waals surface area contributed by atoms with Crippen molar-refractivity contribution in [2.75, 3.05) is 94.3 Å². The maximum absolute atomic E-state index is 14.7. The minimum absolute atomic E-state index is 0.00428. The number of methoxy groups -OCH3 is 2. The predicted octanol–water partition coefficient (Wildman–Crippen LogP) is 3.12. The van der Waals surface area contributed by atoms with E-state index >= 15 is 0 Å². The average Bonchev–Trinajstić information content (AvgIpc) is 3.96. The summed E-state index contributed by atoms with van der Waals surface area (Å²) in [6.45, 7) is 19.2. The second kappa shape index (κ2) is 29.8. The van der Waals surface area contributed by atoms with Crippen LogP contribution in [-0.2, 0) is 54.1 Å². The third-order valence-electron chi connectivity index (χ3n) is 12.3. The van der Waals surface area contributed by atoms with Crippen molar-refractivity contribution in [2.24, 2.45) is 29.1 Å². The highest BCUT2D eigenvalue weighted by Gasteiger charge is 2.44. The summed E-state index contributed by atoms with van der Waals surface area (Å²) in [6, 6.07) is -0.746. The van der Waals surface area contributed by atoms with Crippen molar-refractivity contribution < 1.29 is 52.8 Å². The van der Waals surface area contributed by atoms with Gasteiger partial charge in [0.2, 0.25) is 23.6 Å². The summed E-state index contributed by atoms with van der Waals surface area (Å²) >= 11 is 1.56. The quantitative estimate of drug-likeness (QED) is 0.0607. The SMILES string of the molecule is CC[C@H](C)C([C@@H](CC(=O)N1CCC[C@H]1[C@H](OC)[C@@H](C)C(=O)N[C@H](CO)Cc1ccsc1)OC)N(C)C(=O)[C@@H](NC(=O)[C@H](C(C)C)N(C)CCOCCOCCOCCON)C(C)(C)C. The number of thiophene rings is 1. The third-order valence-corrected chi connectivity index (χ3v) is 13.1. The maximum atomic E-state index is 14.7. The monoisotopic (exact) mass is 929 g/mol. The number of likely N-dealkylation sites (N-methyl/N-ethyl adjacent to an activating group) is 2. The van der Waals surface area contributed by atoms with E-state index in [2.05, 4.69) is 15.5 Å². The van der Waals surface area contributed by atoms with Gasteiger partial charge < -0.3 is 54.1 Å². The second-order valence-electron chi connectivity index (χ2n) is 18.5. The van der Waals surface area contributed by atoms with Crippen LogP contribution in [0.4, 0.5) is 0 Å². The van der Waals surface area contributed by atoms with Crippen LogP contribution < -0.4 is 16.5 Å². The average molecular weight is 929 g/mol. The van der Waals surface area contributed by atoms with Gasteiger partial charge in [-0.25, -0.2) is 5.90 Å². The van der Waals surface area contributed by atoms with Gasteiger partial charge in [0.25, 0.3) is 0 Å². The van der Waals surface area contributed by atoms with Gasteiger partial charge in [0.15, 0.2) is 0 Å². The molecule has 4 amide bonds. The first-order valence-electron chi connectivity index (χ1n) is 23.0. The molecule has 0 spiro atoms. The molecule has 17 nitrogen and oxygen atoms in total. The molecule has 9 atom stereocenters. The molecule has 2 rings (SSSR count). The van der Waals surface area contributed by atoms with Gasteiger partial charge >= 0.3 is 0 Å². The van der Waals surface area contributed by atoms with Crippen molar-refractivity contribution in [3.8, 4) is 0 Å². The van der Waals surface area contributed by atoms with Crippen LogP contribution >= 0.6 is 11.3 Å². The van der Waals surface area contributed by atoms with Crippen LogP contribution in [0, 0.1) is 23.2 Å². The molecule has 1 aromatic rings. The number of nitrogens with two attached hydrogens (primary N) is 1. The number of rotatable bonds is 32. The van der Waals surface area contributed by atoms with E-state index < -0.39 is 47.7 Å². The lowest BCUT2D eigenvalue weighted by Crippen LogP contribution is -2.62. The van der Waals surface area contributed by atoms with Crippen LogP contribution in [0.1, 0.15) is 86.6 Å². The number of aliphatic hydroxyl groups is 1. The molecule has 64 heavy (non-hydrogen) atoms. The molecule has 18 heteroatoms. The Hall–Kier alpha value is -2.78. The molecule has 1 saturated heterocycles. The standard InChI is InChI=1S/C46H84N6O11S/c1-13-32(4)40(37(58-11)28-38(54)52-17-14-15-36(52)41(59-12)33(5)43(55)48-35(29-53)27-34-16-26-64-30-34)51(10)45(57)42(46(6,7)8)49-44(56)39(31(2)3)50(9)18-19-60-20-21-61-22-23-62-24-25-63-47/h16,26,30-33,35-37,39-42,53H,13-15,17-25,27-29,47H2,1-12H3,(H,48,55)(H,49,56)/t32-,33+,35-,36-,37+,39-,40?,41+,42+/m0/s1. The number of hydrogen-bond acceptors (Lipinski definition) is 14. The number of carbonyl (C=O) groups is 4. The summed E-state index contributed by atoms with van der Waals surface area (Å²) in [7, 11) is 6.73. The lowest BCUT2D eigenvalue weighted by atomic mass is 9.83. The summed E-state index contributed by atoms with van der Waals surface area (Å²) < 4.78 is 28.7. The lowest BCUT2D eigenvalue weighted by Gasteiger charge is -2.42. The van der Waals surface area contributed by atoms with Crippen molar-refractivity contribution in [2.45, 2.75) is 130 Å². The van der Waals surface area contributed by atoms with E-state index in [1.165, 1.54) is 0 Å². The normalized spacial score (nSPS) is 18.3. The fraction of sp³-hybridized carbons (Fsp3) is 0.826. The van der Waals surface area contributed by atoms with E-state index in [1.807, 2.05) is 77.2 Å². The molecule has 2 heterocycles. The van der Waals surface area contributed by atoms with Crippen LogP contribution in [0.25, 0.3) is 0 Å². The molecule has 0 bridgehead atoms. The molecular weight excluding hydrogens is 845 g/mol. The molecule has 0 radical (unpaired) electrons. The fourth-order valence-electron chi connectivity index (χ4n) is 8.58. The molecule has 0 saturated carbocycles. The van der Waals surface area contributed by atoms with E-state index in [4.69, 9.17) is 29.6 Å². The Balaban J connectivity index is 2.16. The van der Waals surface area contributed by atoms with Crippen molar-refractivity contribution >= 4 is 35.0 Å². The summed E-state index contributed by atoms with van der Waals surface area (Å²) in [5.74, 6) is 3.31. The van der Waals surface area contributed by atoms with E-state index in [0.29, 0.717) is 78.6 Å². The first kappa shape index (κ1) is 57.3.